The quantitative estimate of drug-likeness (QED) is 0.856. The fourth-order valence-corrected chi connectivity index (χ4v) is 2.67. The summed E-state index contributed by atoms with van der Waals surface area (Å²) in [4.78, 5) is 14.3. The Morgan fingerprint density at radius 2 is 2.33 bits per heavy atom. The fourth-order valence-electron chi connectivity index (χ4n) is 2.67. The smallest absolute Gasteiger partial charge is 0.244 e. The number of carbonyl (C=O) groups is 1. The summed E-state index contributed by atoms with van der Waals surface area (Å²) in [6.45, 7) is 6.06. The molecule has 1 aliphatic heterocycles. The number of likely N-dealkylation sites (tertiary alicyclic amines) is 1. The van der Waals surface area contributed by atoms with Crippen LogP contribution in [-0.2, 0) is 11.3 Å². The summed E-state index contributed by atoms with van der Waals surface area (Å²) in [5.74, 6) is 0.180. The Balaban J connectivity index is 2.01. The van der Waals surface area contributed by atoms with Crippen molar-refractivity contribution >= 4 is 5.91 Å². The summed E-state index contributed by atoms with van der Waals surface area (Å²) >= 11 is 0. The van der Waals surface area contributed by atoms with Crippen molar-refractivity contribution < 1.29 is 4.79 Å². The van der Waals surface area contributed by atoms with Crippen LogP contribution in [0.5, 0.6) is 0 Å². The van der Waals surface area contributed by atoms with Crippen LogP contribution in [0.3, 0.4) is 0 Å². The summed E-state index contributed by atoms with van der Waals surface area (Å²) in [5, 5.41) is 7.50. The van der Waals surface area contributed by atoms with Crippen molar-refractivity contribution in [3.8, 4) is 0 Å². The van der Waals surface area contributed by atoms with E-state index in [4.69, 9.17) is 0 Å². The predicted octanol–water partition coefficient (Wildman–Crippen LogP) is 0.710. The zero-order valence-corrected chi connectivity index (χ0v) is 11.4. The van der Waals surface area contributed by atoms with E-state index in [0.717, 1.165) is 37.3 Å². The van der Waals surface area contributed by atoms with Crippen LogP contribution in [0.15, 0.2) is 6.07 Å². The van der Waals surface area contributed by atoms with Gasteiger partial charge in [-0.05, 0) is 39.8 Å². The molecule has 1 aliphatic rings. The standard InChI is InChI=1S/C13H22N4O/c1-10-7-11(2)17(15-10)9-13(18)16-6-4-5-12(16)8-14-3/h7,12,14H,4-6,8-9H2,1-3H3. The Bertz CT molecular complexity index is 427. The van der Waals surface area contributed by atoms with Crippen molar-refractivity contribution in [2.24, 2.45) is 0 Å². The van der Waals surface area contributed by atoms with Crippen molar-refractivity contribution in [2.75, 3.05) is 20.1 Å². The van der Waals surface area contributed by atoms with Gasteiger partial charge in [0, 0.05) is 24.8 Å². The second-order valence-electron chi connectivity index (χ2n) is 5.03. The van der Waals surface area contributed by atoms with Crippen LogP contribution >= 0.6 is 0 Å². The minimum atomic E-state index is 0.180. The number of aryl methyl sites for hydroxylation is 2. The molecule has 5 heteroatoms. The molecular weight excluding hydrogens is 228 g/mol. The molecule has 18 heavy (non-hydrogen) atoms. The summed E-state index contributed by atoms with van der Waals surface area (Å²) in [7, 11) is 1.93. The highest BCUT2D eigenvalue weighted by Gasteiger charge is 2.28. The van der Waals surface area contributed by atoms with E-state index in [1.807, 2.05) is 31.9 Å². The Hall–Kier alpha value is -1.36. The van der Waals surface area contributed by atoms with Crippen molar-refractivity contribution in [2.45, 2.75) is 39.3 Å². The van der Waals surface area contributed by atoms with Crippen LogP contribution in [0.25, 0.3) is 0 Å². The van der Waals surface area contributed by atoms with Gasteiger partial charge in [0.25, 0.3) is 0 Å². The molecule has 1 saturated heterocycles. The number of carbonyl (C=O) groups excluding carboxylic acids is 1. The molecule has 0 bridgehead atoms. The first-order valence-corrected chi connectivity index (χ1v) is 6.57. The maximum atomic E-state index is 12.3. The van der Waals surface area contributed by atoms with Gasteiger partial charge in [0.15, 0.2) is 0 Å². The molecule has 1 aromatic heterocycles. The van der Waals surface area contributed by atoms with Crippen LogP contribution in [0, 0.1) is 13.8 Å². The molecule has 1 fully saturated rings. The van der Waals surface area contributed by atoms with Crippen molar-refractivity contribution in [1.82, 2.24) is 20.0 Å². The molecule has 1 amide bonds. The van der Waals surface area contributed by atoms with Crippen LogP contribution in [0.2, 0.25) is 0 Å². The lowest BCUT2D eigenvalue weighted by Crippen LogP contribution is -2.42. The van der Waals surface area contributed by atoms with Crippen molar-refractivity contribution in [3.63, 3.8) is 0 Å². The lowest BCUT2D eigenvalue weighted by Gasteiger charge is -2.24. The fraction of sp³-hybridized carbons (Fsp3) is 0.692. The Kier molecular flexibility index (Phi) is 4.01. The molecule has 5 nitrogen and oxygen atoms in total. The molecule has 100 valence electrons. The van der Waals surface area contributed by atoms with Gasteiger partial charge < -0.3 is 10.2 Å². The minimum Gasteiger partial charge on any atom is -0.337 e. The van der Waals surface area contributed by atoms with E-state index in [0.29, 0.717) is 12.6 Å². The van der Waals surface area contributed by atoms with Gasteiger partial charge >= 0.3 is 0 Å². The normalized spacial score (nSPS) is 19.5. The summed E-state index contributed by atoms with van der Waals surface area (Å²) in [6, 6.07) is 2.35. The van der Waals surface area contributed by atoms with Gasteiger partial charge in [-0.3, -0.25) is 9.48 Å². The molecule has 0 aromatic carbocycles. The molecule has 2 rings (SSSR count). The van der Waals surface area contributed by atoms with Gasteiger partial charge in [0.05, 0.1) is 5.69 Å². The monoisotopic (exact) mass is 250 g/mol. The average molecular weight is 250 g/mol. The zero-order valence-electron chi connectivity index (χ0n) is 11.4. The highest BCUT2D eigenvalue weighted by atomic mass is 16.2. The van der Waals surface area contributed by atoms with Crippen LogP contribution in [0.1, 0.15) is 24.2 Å². The molecule has 1 unspecified atom stereocenters. The maximum absolute atomic E-state index is 12.3. The largest absolute Gasteiger partial charge is 0.337 e. The molecule has 0 saturated carbocycles. The van der Waals surface area contributed by atoms with Gasteiger partial charge in [-0.1, -0.05) is 0 Å². The third-order valence-electron chi connectivity index (χ3n) is 3.53. The lowest BCUT2D eigenvalue weighted by atomic mass is 10.2. The first-order valence-electron chi connectivity index (χ1n) is 6.57. The van der Waals surface area contributed by atoms with E-state index in [9.17, 15) is 4.79 Å². The van der Waals surface area contributed by atoms with E-state index >= 15 is 0 Å². The molecule has 0 spiro atoms. The first kappa shape index (κ1) is 13.1. The third-order valence-corrected chi connectivity index (χ3v) is 3.53. The molecule has 1 N–H and O–H groups in total. The Morgan fingerprint density at radius 1 is 1.56 bits per heavy atom. The topological polar surface area (TPSA) is 50.2 Å². The van der Waals surface area contributed by atoms with Gasteiger partial charge in [-0.15, -0.1) is 0 Å². The minimum absolute atomic E-state index is 0.180. The summed E-state index contributed by atoms with van der Waals surface area (Å²) in [6.07, 6.45) is 2.21. The molecule has 2 heterocycles. The number of hydrogen-bond donors (Lipinski definition) is 1. The molecular formula is C13H22N4O. The molecule has 0 aliphatic carbocycles. The number of nitrogens with zero attached hydrogens (tertiary/aromatic N) is 3. The number of hydrogen-bond acceptors (Lipinski definition) is 3. The Labute approximate surface area is 108 Å². The highest BCUT2D eigenvalue weighted by Crippen LogP contribution is 2.17. The van der Waals surface area contributed by atoms with Gasteiger partial charge in [0.1, 0.15) is 6.54 Å². The second-order valence-corrected chi connectivity index (χ2v) is 5.03. The van der Waals surface area contributed by atoms with Gasteiger partial charge in [0.2, 0.25) is 5.91 Å². The summed E-state index contributed by atoms with van der Waals surface area (Å²) in [5.41, 5.74) is 2.01. The van der Waals surface area contributed by atoms with Crippen LogP contribution in [-0.4, -0.2) is 46.8 Å². The number of amides is 1. The van der Waals surface area contributed by atoms with Gasteiger partial charge in [-0.2, -0.15) is 5.10 Å². The van der Waals surface area contributed by atoms with Crippen LogP contribution in [0.4, 0.5) is 0 Å². The van der Waals surface area contributed by atoms with Gasteiger partial charge in [-0.25, -0.2) is 0 Å². The summed E-state index contributed by atoms with van der Waals surface area (Å²) < 4.78 is 1.80. The van der Waals surface area contributed by atoms with E-state index in [-0.39, 0.29) is 5.91 Å². The molecule has 1 atom stereocenters. The SMILES string of the molecule is CNCC1CCCN1C(=O)Cn1nc(C)cc1C. The average Bonchev–Trinajstić information content (AvgIpc) is 2.87. The Morgan fingerprint density at radius 3 is 2.94 bits per heavy atom. The highest BCUT2D eigenvalue weighted by molar-refractivity contribution is 5.76. The predicted molar refractivity (Wildman–Crippen MR) is 70.4 cm³/mol. The van der Waals surface area contributed by atoms with E-state index in [1.54, 1.807) is 4.68 Å². The van der Waals surface area contributed by atoms with E-state index in [2.05, 4.69) is 10.4 Å². The lowest BCUT2D eigenvalue weighted by molar-refractivity contribution is -0.132. The van der Waals surface area contributed by atoms with Crippen LogP contribution < -0.4 is 5.32 Å². The zero-order chi connectivity index (χ0) is 13.1. The number of likely N-dealkylation sites (N-methyl/N-ethyl adjacent to an activating group) is 1. The number of nitrogens with one attached hydrogen (secondary N) is 1. The number of aromatic nitrogens is 2. The molecule has 1 aromatic rings. The number of rotatable bonds is 4. The second kappa shape index (κ2) is 5.52. The molecule has 0 radical (unpaired) electrons. The maximum Gasteiger partial charge on any atom is 0.244 e. The third kappa shape index (κ3) is 2.72. The van der Waals surface area contributed by atoms with Crippen molar-refractivity contribution in [1.29, 1.82) is 0 Å². The first-order chi connectivity index (χ1) is 8.61. The van der Waals surface area contributed by atoms with E-state index < -0.39 is 0 Å². The van der Waals surface area contributed by atoms with Crippen molar-refractivity contribution in [3.05, 3.63) is 17.5 Å². The van der Waals surface area contributed by atoms with E-state index in [1.165, 1.54) is 0 Å².